The van der Waals surface area contributed by atoms with Crippen LogP contribution >= 0.6 is 0 Å². The van der Waals surface area contributed by atoms with E-state index >= 15 is 0 Å². The topological polar surface area (TPSA) is 32.3 Å². The Kier molecular flexibility index (Phi) is 4.80. The predicted octanol–water partition coefficient (Wildman–Crippen LogP) is 2.66. The summed E-state index contributed by atoms with van der Waals surface area (Å²) >= 11 is 0. The molecule has 4 nitrogen and oxygen atoms in total. The average Bonchev–Trinajstić information content (AvgIpc) is 2.58. The molecule has 1 fully saturated rings. The smallest absolute Gasteiger partial charge is 0.0572 e. The molecule has 22 heavy (non-hydrogen) atoms. The Balaban J connectivity index is 1.55. The van der Waals surface area contributed by atoms with E-state index < -0.39 is 0 Å². The number of hydrogen-bond donors (Lipinski definition) is 0. The summed E-state index contributed by atoms with van der Waals surface area (Å²) in [5, 5.41) is 0. The molecule has 3 heterocycles. The van der Waals surface area contributed by atoms with Crippen molar-refractivity contribution >= 4 is 0 Å². The van der Waals surface area contributed by atoms with E-state index in [1.807, 2.05) is 24.5 Å². The third-order valence-electron chi connectivity index (χ3n) is 4.58. The molecule has 0 saturated carbocycles. The minimum absolute atomic E-state index is 0.392. The zero-order chi connectivity index (χ0) is 15.4. The molecule has 0 N–H and O–H groups in total. The third-order valence-corrected chi connectivity index (χ3v) is 4.58. The fraction of sp³-hybridized carbons (Fsp3) is 0.444. The molecule has 0 spiro atoms. The zero-order valence-corrected chi connectivity index (χ0v) is 13.4. The van der Waals surface area contributed by atoms with Crippen LogP contribution in [0, 0.1) is 6.92 Å². The number of pyridine rings is 2. The Morgan fingerprint density at radius 1 is 1.00 bits per heavy atom. The highest BCUT2D eigenvalue weighted by molar-refractivity contribution is 5.18. The van der Waals surface area contributed by atoms with Gasteiger partial charge in [-0.3, -0.25) is 19.8 Å². The summed E-state index contributed by atoms with van der Waals surface area (Å²) in [6.45, 7) is 9.74. The Bertz CT molecular complexity index is 591. The van der Waals surface area contributed by atoms with Gasteiger partial charge >= 0.3 is 0 Å². The fourth-order valence-corrected chi connectivity index (χ4v) is 3.04. The van der Waals surface area contributed by atoms with Gasteiger partial charge in [0.2, 0.25) is 0 Å². The molecule has 1 saturated heterocycles. The van der Waals surface area contributed by atoms with E-state index in [0.29, 0.717) is 6.04 Å². The van der Waals surface area contributed by atoms with E-state index in [1.54, 1.807) is 0 Å². The lowest BCUT2D eigenvalue weighted by Gasteiger charge is -2.38. The largest absolute Gasteiger partial charge is 0.296 e. The van der Waals surface area contributed by atoms with Crippen molar-refractivity contribution < 1.29 is 0 Å². The normalized spacial score (nSPS) is 18.3. The maximum absolute atomic E-state index is 4.49. The molecular formula is C18H24N4. The van der Waals surface area contributed by atoms with Crippen LogP contribution in [0.25, 0.3) is 0 Å². The molecule has 4 heteroatoms. The molecule has 2 aromatic rings. The summed E-state index contributed by atoms with van der Waals surface area (Å²) in [6.07, 6.45) is 3.75. The molecule has 1 atom stereocenters. The van der Waals surface area contributed by atoms with E-state index in [-0.39, 0.29) is 0 Å². The van der Waals surface area contributed by atoms with Gasteiger partial charge in [0.15, 0.2) is 0 Å². The predicted molar refractivity (Wildman–Crippen MR) is 88.5 cm³/mol. The van der Waals surface area contributed by atoms with Crippen molar-refractivity contribution in [2.75, 3.05) is 26.2 Å². The lowest BCUT2D eigenvalue weighted by molar-refractivity contribution is 0.0962. The second-order valence-electron chi connectivity index (χ2n) is 5.99. The van der Waals surface area contributed by atoms with Gasteiger partial charge in [-0.1, -0.05) is 12.1 Å². The van der Waals surface area contributed by atoms with Crippen molar-refractivity contribution in [1.82, 2.24) is 19.8 Å². The first-order valence-corrected chi connectivity index (χ1v) is 8.02. The summed E-state index contributed by atoms with van der Waals surface area (Å²) in [4.78, 5) is 13.9. The van der Waals surface area contributed by atoms with Crippen LogP contribution in [0.15, 0.2) is 42.7 Å². The minimum atomic E-state index is 0.392. The monoisotopic (exact) mass is 296 g/mol. The summed E-state index contributed by atoms with van der Waals surface area (Å²) in [7, 11) is 0. The highest BCUT2D eigenvalue weighted by Gasteiger charge is 2.22. The first kappa shape index (κ1) is 15.1. The maximum atomic E-state index is 4.49. The van der Waals surface area contributed by atoms with Gasteiger partial charge in [-0.15, -0.1) is 0 Å². The molecule has 2 aromatic heterocycles. The molecule has 1 unspecified atom stereocenters. The van der Waals surface area contributed by atoms with Gasteiger partial charge in [0.25, 0.3) is 0 Å². The highest BCUT2D eigenvalue weighted by Crippen LogP contribution is 2.20. The molecule has 0 aromatic carbocycles. The van der Waals surface area contributed by atoms with Crippen molar-refractivity contribution in [2.45, 2.75) is 26.4 Å². The second-order valence-corrected chi connectivity index (χ2v) is 5.99. The Labute approximate surface area is 132 Å². The number of hydrogen-bond acceptors (Lipinski definition) is 4. The van der Waals surface area contributed by atoms with Crippen LogP contribution in [0.3, 0.4) is 0 Å². The van der Waals surface area contributed by atoms with Crippen LogP contribution < -0.4 is 0 Å². The molecule has 0 bridgehead atoms. The molecule has 3 rings (SSSR count). The summed E-state index contributed by atoms with van der Waals surface area (Å²) in [6, 6.07) is 10.8. The van der Waals surface area contributed by atoms with Gasteiger partial charge in [0.1, 0.15) is 0 Å². The average molecular weight is 296 g/mol. The number of nitrogens with zero attached hydrogens (tertiary/aromatic N) is 4. The third kappa shape index (κ3) is 3.51. The summed E-state index contributed by atoms with van der Waals surface area (Å²) in [5.74, 6) is 0. The van der Waals surface area contributed by atoms with Gasteiger partial charge in [0.05, 0.1) is 5.69 Å². The molecule has 1 aliphatic heterocycles. The SMILES string of the molecule is Cc1ncccc1CN1CCN(C(C)c2ccccn2)CC1. The van der Waals surface area contributed by atoms with Crippen LogP contribution in [-0.2, 0) is 6.54 Å². The second kappa shape index (κ2) is 6.99. The molecule has 0 aliphatic carbocycles. The molecule has 1 aliphatic rings. The van der Waals surface area contributed by atoms with Gasteiger partial charge in [-0.25, -0.2) is 0 Å². The highest BCUT2D eigenvalue weighted by atomic mass is 15.3. The van der Waals surface area contributed by atoms with Crippen LogP contribution in [0.4, 0.5) is 0 Å². The summed E-state index contributed by atoms with van der Waals surface area (Å²) < 4.78 is 0. The minimum Gasteiger partial charge on any atom is -0.296 e. The molecular weight excluding hydrogens is 272 g/mol. The van der Waals surface area contributed by atoms with Crippen molar-refractivity contribution in [3.8, 4) is 0 Å². The maximum Gasteiger partial charge on any atom is 0.0572 e. The van der Waals surface area contributed by atoms with Crippen LogP contribution in [0.5, 0.6) is 0 Å². The molecule has 0 radical (unpaired) electrons. The van der Waals surface area contributed by atoms with Gasteiger partial charge in [-0.05, 0) is 37.6 Å². The first-order chi connectivity index (χ1) is 10.7. The Hall–Kier alpha value is -1.78. The van der Waals surface area contributed by atoms with E-state index in [0.717, 1.165) is 38.4 Å². The number of piperazine rings is 1. The Morgan fingerprint density at radius 2 is 1.77 bits per heavy atom. The van der Waals surface area contributed by atoms with Gasteiger partial charge in [-0.2, -0.15) is 0 Å². The van der Waals surface area contributed by atoms with Crippen LogP contribution in [0.2, 0.25) is 0 Å². The zero-order valence-electron chi connectivity index (χ0n) is 13.4. The van der Waals surface area contributed by atoms with Crippen molar-refractivity contribution in [3.05, 3.63) is 59.7 Å². The van der Waals surface area contributed by atoms with Crippen LogP contribution in [0.1, 0.15) is 29.9 Å². The van der Waals surface area contributed by atoms with E-state index in [9.17, 15) is 0 Å². The van der Waals surface area contributed by atoms with Crippen molar-refractivity contribution in [1.29, 1.82) is 0 Å². The Morgan fingerprint density at radius 3 is 2.45 bits per heavy atom. The van der Waals surface area contributed by atoms with E-state index in [1.165, 1.54) is 11.3 Å². The van der Waals surface area contributed by atoms with E-state index in [4.69, 9.17) is 0 Å². The first-order valence-electron chi connectivity index (χ1n) is 8.02. The number of rotatable bonds is 4. The lowest BCUT2D eigenvalue weighted by Crippen LogP contribution is -2.46. The molecule has 0 amide bonds. The number of aromatic nitrogens is 2. The number of aryl methyl sites for hydroxylation is 1. The lowest BCUT2D eigenvalue weighted by atomic mass is 10.1. The summed E-state index contributed by atoms with van der Waals surface area (Å²) in [5.41, 5.74) is 3.65. The van der Waals surface area contributed by atoms with Crippen LogP contribution in [-0.4, -0.2) is 45.9 Å². The fourth-order valence-electron chi connectivity index (χ4n) is 3.04. The van der Waals surface area contributed by atoms with Gasteiger partial charge < -0.3 is 0 Å². The molecule has 116 valence electrons. The van der Waals surface area contributed by atoms with Crippen molar-refractivity contribution in [3.63, 3.8) is 0 Å². The van der Waals surface area contributed by atoms with Gasteiger partial charge in [0, 0.05) is 56.9 Å². The van der Waals surface area contributed by atoms with E-state index in [2.05, 4.69) is 51.8 Å². The standard InChI is InChI=1S/C18H24N4/c1-15-17(6-5-9-19-15)14-21-10-12-22(13-11-21)16(2)18-7-3-4-8-20-18/h3-9,16H,10-14H2,1-2H3. The quantitative estimate of drug-likeness (QED) is 0.868. The van der Waals surface area contributed by atoms with Crippen molar-refractivity contribution in [2.24, 2.45) is 0 Å².